The van der Waals surface area contributed by atoms with Crippen molar-refractivity contribution in [2.24, 2.45) is 0 Å². The lowest BCUT2D eigenvalue weighted by Gasteiger charge is -2.12. The van der Waals surface area contributed by atoms with E-state index in [9.17, 15) is 5.11 Å². The van der Waals surface area contributed by atoms with Crippen molar-refractivity contribution in [3.8, 4) is 5.75 Å². The van der Waals surface area contributed by atoms with Crippen LogP contribution in [-0.4, -0.2) is 12.2 Å². The molecule has 0 heterocycles. The number of anilines is 1. The monoisotopic (exact) mass is 277 g/mol. The molecule has 2 aromatic carbocycles. The van der Waals surface area contributed by atoms with E-state index in [0.29, 0.717) is 18.2 Å². The first kappa shape index (κ1) is 13.7. The first-order valence-electron chi connectivity index (χ1n) is 5.99. The van der Waals surface area contributed by atoms with Gasteiger partial charge in [-0.3, -0.25) is 0 Å². The molecule has 0 aliphatic heterocycles. The maximum Gasteiger partial charge on any atom is 0.120 e. The number of halogens is 1. The molecular weight excluding hydrogens is 262 g/mol. The second-order valence-corrected chi connectivity index (χ2v) is 4.65. The van der Waals surface area contributed by atoms with Crippen LogP contribution in [0.25, 0.3) is 0 Å². The van der Waals surface area contributed by atoms with Crippen molar-refractivity contribution in [2.75, 3.05) is 12.4 Å². The SMILES string of the molecule is COCc1ccccc1NCc1cc(Cl)ccc1O. The number of hydrogen-bond donors (Lipinski definition) is 2. The van der Waals surface area contributed by atoms with Crippen LogP contribution in [0.15, 0.2) is 42.5 Å². The van der Waals surface area contributed by atoms with Crippen molar-refractivity contribution in [1.29, 1.82) is 0 Å². The highest BCUT2D eigenvalue weighted by Gasteiger charge is 2.04. The maximum absolute atomic E-state index is 9.76. The Hall–Kier alpha value is -1.71. The van der Waals surface area contributed by atoms with Crippen molar-refractivity contribution in [3.05, 3.63) is 58.6 Å². The summed E-state index contributed by atoms with van der Waals surface area (Å²) in [6, 6.07) is 12.9. The molecule has 0 aromatic heterocycles. The van der Waals surface area contributed by atoms with E-state index in [1.165, 1.54) is 0 Å². The summed E-state index contributed by atoms with van der Waals surface area (Å²) in [5.41, 5.74) is 2.83. The highest BCUT2D eigenvalue weighted by atomic mass is 35.5. The summed E-state index contributed by atoms with van der Waals surface area (Å²) in [7, 11) is 1.67. The van der Waals surface area contributed by atoms with Crippen molar-refractivity contribution in [3.63, 3.8) is 0 Å². The van der Waals surface area contributed by atoms with E-state index >= 15 is 0 Å². The maximum atomic E-state index is 9.76. The summed E-state index contributed by atoms with van der Waals surface area (Å²) in [5, 5.41) is 13.7. The Morgan fingerprint density at radius 3 is 2.74 bits per heavy atom. The Balaban J connectivity index is 2.12. The molecule has 100 valence electrons. The minimum atomic E-state index is 0.237. The Morgan fingerprint density at radius 2 is 1.95 bits per heavy atom. The van der Waals surface area contributed by atoms with Crippen molar-refractivity contribution < 1.29 is 9.84 Å². The molecule has 0 spiro atoms. The topological polar surface area (TPSA) is 41.5 Å². The van der Waals surface area contributed by atoms with Crippen LogP contribution >= 0.6 is 11.6 Å². The molecule has 0 unspecified atom stereocenters. The van der Waals surface area contributed by atoms with Crippen LogP contribution in [0.5, 0.6) is 5.75 Å². The molecule has 0 amide bonds. The number of rotatable bonds is 5. The largest absolute Gasteiger partial charge is 0.508 e. The van der Waals surface area contributed by atoms with Crippen LogP contribution in [0.4, 0.5) is 5.69 Å². The molecule has 0 saturated heterocycles. The van der Waals surface area contributed by atoms with Crippen LogP contribution in [0, 0.1) is 0 Å². The van der Waals surface area contributed by atoms with E-state index < -0.39 is 0 Å². The zero-order valence-corrected chi connectivity index (χ0v) is 11.4. The fraction of sp³-hybridized carbons (Fsp3) is 0.200. The van der Waals surface area contributed by atoms with Gasteiger partial charge in [0, 0.05) is 35.5 Å². The van der Waals surface area contributed by atoms with Gasteiger partial charge < -0.3 is 15.2 Å². The van der Waals surface area contributed by atoms with E-state index in [-0.39, 0.29) is 5.75 Å². The highest BCUT2D eigenvalue weighted by Crippen LogP contribution is 2.23. The summed E-state index contributed by atoms with van der Waals surface area (Å²) >= 11 is 5.92. The zero-order valence-electron chi connectivity index (χ0n) is 10.7. The smallest absolute Gasteiger partial charge is 0.120 e. The van der Waals surface area contributed by atoms with Gasteiger partial charge in [-0.25, -0.2) is 0 Å². The molecule has 2 rings (SSSR count). The van der Waals surface area contributed by atoms with Crippen molar-refractivity contribution >= 4 is 17.3 Å². The first-order chi connectivity index (χ1) is 9.20. The van der Waals surface area contributed by atoms with Gasteiger partial charge in [-0.05, 0) is 24.3 Å². The number of aromatic hydroxyl groups is 1. The lowest BCUT2D eigenvalue weighted by molar-refractivity contribution is 0.185. The fourth-order valence-corrected chi connectivity index (χ4v) is 2.05. The van der Waals surface area contributed by atoms with Gasteiger partial charge in [0.1, 0.15) is 5.75 Å². The summed E-state index contributed by atoms with van der Waals surface area (Å²) in [5.74, 6) is 0.237. The average molecular weight is 278 g/mol. The van der Waals surface area contributed by atoms with E-state index in [1.54, 1.807) is 25.3 Å². The van der Waals surface area contributed by atoms with Crippen molar-refractivity contribution in [2.45, 2.75) is 13.2 Å². The Labute approximate surface area is 117 Å². The minimum Gasteiger partial charge on any atom is -0.508 e. The third-order valence-corrected chi connectivity index (χ3v) is 3.06. The molecular formula is C15H16ClNO2. The molecule has 19 heavy (non-hydrogen) atoms. The molecule has 0 radical (unpaired) electrons. The Bertz CT molecular complexity index is 558. The third kappa shape index (κ3) is 3.63. The van der Waals surface area contributed by atoms with Crippen LogP contribution < -0.4 is 5.32 Å². The number of phenols is 1. The van der Waals surface area contributed by atoms with E-state index in [0.717, 1.165) is 16.8 Å². The number of methoxy groups -OCH3 is 1. The number of ether oxygens (including phenoxy) is 1. The standard InChI is InChI=1S/C15H16ClNO2/c1-19-10-11-4-2-3-5-14(11)17-9-12-8-13(16)6-7-15(12)18/h2-8,17-18H,9-10H2,1H3. The average Bonchev–Trinajstić information content (AvgIpc) is 2.42. The zero-order chi connectivity index (χ0) is 13.7. The third-order valence-electron chi connectivity index (χ3n) is 2.83. The molecule has 2 aromatic rings. The number of para-hydroxylation sites is 1. The molecule has 0 atom stereocenters. The predicted molar refractivity (Wildman–Crippen MR) is 77.6 cm³/mol. The second kappa shape index (κ2) is 6.45. The second-order valence-electron chi connectivity index (χ2n) is 4.22. The minimum absolute atomic E-state index is 0.237. The van der Waals surface area contributed by atoms with Crippen LogP contribution in [-0.2, 0) is 17.9 Å². The molecule has 2 N–H and O–H groups in total. The molecule has 0 bridgehead atoms. The van der Waals surface area contributed by atoms with Gasteiger partial charge in [0.15, 0.2) is 0 Å². The molecule has 4 heteroatoms. The Morgan fingerprint density at radius 1 is 1.16 bits per heavy atom. The van der Waals surface area contributed by atoms with E-state index in [1.807, 2.05) is 24.3 Å². The van der Waals surface area contributed by atoms with Gasteiger partial charge in [0.2, 0.25) is 0 Å². The van der Waals surface area contributed by atoms with Crippen LogP contribution in [0.1, 0.15) is 11.1 Å². The van der Waals surface area contributed by atoms with Gasteiger partial charge in [-0.2, -0.15) is 0 Å². The molecule has 3 nitrogen and oxygen atoms in total. The van der Waals surface area contributed by atoms with Gasteiger partial charge in [0.05, 0.1) is 6.61 Å². The molecule has 0 aliphatic carbocycles. The summed E-state index contributed by atoms with van der Waals surface area (Å²) in [6.45, 7) is 1.05. The molecule has 0 saturated carbocycles. The van der Waals surface area contributed by atoms with Crippen LogP contribution in [0.2, 0.25) is 5.02 Å². The quantitative estimate of drug-likeness (QED) is 0.873. The summed E-state index contributed by atoms with van der Waals surface area (Å²) < 4.78 is 5.15. The predicted octanol–water partition coefficient (Wildman–Crippen LogP) is 3.80. The lowest BCUT2D eigenvalue weighted by Crippen LogP contribution is -2.03. The lowest BCUT2D eigenvalue weighted by atomic mass is 10.1. The van der Waals surface area contributed by atoms with Crippen LogP contribution in [0.3, 0.4) is 0 Å². The number of nitrogens with one attached hydrogen (secondary N) is 1. The summed E-state index contributed by atoms with van der Waals surface area (Å²) in [6.07, 6.45) is 0. The fourth-order valence-electron chi connectivity index (χ4n) is 1.86. The number of benzene rings is 2. The van der Waals surface area contributed by atoms with E-state index in [2.05, 4.69) is 5.32 Å². The highest BCUT2D eigenvalue weighted by molar-refractivity contribution is 6.30. The van der Waals surface area contributed by atoms with Gasteiger partial charge in [-0.15, -0.1) is 0 Å². The van der Waals surface area contributed by atoms with Gasteiger partial charge in [0.25, 0.3) is 0 Å². The van der Waals surface area contributed by atoms with E-state index in [4.69, 9.17) is 16.3 Å². The summed E-state index contributed by atoms with van der Waals surface area (Å²) in [4.78, 5) is 0. The number of hydrogen-bond acceptors (Lipinski definition) is 3. The molecule has 0 fully saturated rings. The normalized spacial score (nSPS) is 10.4. The van der Waals surface area contributed by atoms with Crippen molar-refractivity contribution in [1.82, 2.24) is 0 Å². The van der Waals surface area contributed by atoms with Gasteiger partial charge in [-0.1, -0.05) is 29.8 Å². The van der Waals surface area contributed by atoms with Gasteiger partial charge >= 0.3 is 0 Å². The number of phenolic OH excluding ortho intramolecular Hbond substituents is 1. The Kier molecular flexibility index (Phi) is 4.66. The molecule has 0 aliphatic rings. The first-order valence-corrected chi connectivity index (χ1v) is 6.36.